The highest BCUT2D eigenvalue weighted by atomic mass is 32.1. The molecular weight excluding hydrogens is 242 g/mol. The molecule has 0 aliphatic heterocycles. The number of imidazole rings is 1. The van der Waals surface area contributed by atoms with E-state index in [2.05, 4.69) is 53.9 Å². The van der Waals surface area contributed by atoms with Crippen molar-refractivity contribution in [2.24, 2.45) is 0 Å². The Hall–Kier alpha value is -1.13. The summed E-state index contributed by atoms with van der Waals surface area (Å²) in [4.78, 5) is 5.71. The summed E-state index contributed by atoms with van der Waals surface area (Å²) < 4.78 is 2.25. The Morgan fingerprint density at radius 1 is 1.44 bits per heavy atom. The molecule has 0 unspecified atom stereocenters. The first-order valence-corrected chi connectivity index (χ1v) is 7.38. The van der Waals surface area contributed by atoms with Crippen LogP contribution in [0.2, 0.25) is 0 Å². The normalized spacial score (nSPS) is 12.6. The van der Waals surface area contributed by atoms with Gasteiger partial charge < -0.3 is 5.32 Å². The molecule has 0 bridgehead atoms. The topological polar surface area (TPSA) is 29.3 Å². The van der Waals surface area contributed by atoms with E-state index >= 15 is 0 Å². The van der Waals surface area contributed by atoms with Gasteiger partial charge in [-0.05, 0) is 32.9 Å². The van der Waals surface area contributed by atoms with Crippen LogP contribution in [0.5, 0.6) is 0 Å². The standard InChI is InChI=1S/C14H21N3S/c1-5-12(8-15-6-2)7-13-11(4)16-14-17(13)10(3)9-18-14/h7,9,15H,5-6,8H2,1-4H3. The van der Waals surface area contributed by atoms with Gasteiger partial charge in [0.25, 0.3) is 0 Å². The molecule has 0 aliphatic carbocycles. The van der Waals surface area contributed by atoms with Crippen molar-refractivity contribution < 1.29 is 0 Å². The molecule has 98 valence electrons. The number of rotatable bonds is 5. The summed E-state index contributed by atoms with van der Waals surface area (Å²) in [7, 11) is 0. The lowest BCUT2D eigenvalue weighted by Crippen LogP contribution is -2.15. The van der Waals surface area contributed by atoms with Crippen LogP contribution in [-0.4, -0.2) is 22.5 Å². The van der Waals surface area contributed by atoms with Gasteiger partial charge in [0, 0.05) is 17.6 Å². The average Bonchev–Trinajstić information content (AvgIpc) is 2.86. The maximum Gasteiger partial charge on any atom is 0.194 e. The number of hydrogen-bond donors (Lipinski definition) is 1. The molecule has 2 heterocycles. The first-order chi connectivity index (χ1) is 8.67. The molecule has 2 rings (SSSR count). The second kappa shape index (κ2) is 5.67. The number of thiazole rings is 1. The minimum Gasteiger partial charge on any atom is -0.313 e. The Labute approximate surface area is 113 Å². The van der Waals surface area contributed by atoms with E-state index in [1.165, 1.54) is 17.0 Å². The third-order valence-corrected chi connectivity index (χ3v) is 4.09. The van der Waals surface area contributed by atoms with Gasteiger partial charge in [-0.25, -0.2) is 4.98 Å². The zero-order valence-electron chi connectivity index (χ0n) is 11.6. The molecule has 0 saturated heterocycles. The fourth-order valence-corrected chi connectivity index (χ4v) is 2.97. The monoisotopic (exact) mass is 263 g/mol. The van der Waals surface area contributed by atoms with Crippen molar-refractivity contribution >= 4 is 22.4 Å². The summed E-state index contributed by atoms with van der Waals surface area (Å²) in [6.07, 6.45) is 3.36. The molecule has 0 radical (unpaired) electrons. The van der Waals surface area contributed by atoms with Crippen molar-refractivity contribution in [2.75, 3.05) is 13.1 Å². The van der Waals surface area contributed by atoms with Crippen LogP contribution in [0, 0.1) is 13.8 Å². The highest BCUT2D eigenvalue weighted by molar-refractivity contribution is 7.15. The molecule has 2 aromatic heterocycles. The minimum absolute atomic E-state index is 0.961. The quantitative estimate of drug-likeness (QED) is 0.895. The molecule has 0 aromatic carbocycles. The third kappa shape index (κ3) is 2.49. The SMILES string of the molecule is CCNCC(=Cc1c(C)nc2scc(C)n12)CC. The Balaban J connectivity index is 2.42. The molecule has 0 aliphatic rings. The van der Waals surface area contributed by atoms with Crippen LogP contribution in [0.25, 0.3) is 11.0 Å². The molecule has 2 aromatic rings. The summed E-state index contributed by atoms with van der Waals surface area (Å²) in [6, 6.07) is 0. The highest BCUT2D eigenvalue weighted by Gasteiger charge is 2.10. The number of aryl methyl sites for hydroxylation is 2. The first-order valence-electron chi connectivity index (χ1n) is 6.50. The summed E-state index contributed by atoms with van der Waals surface area (Å²) >= 11 is 1.71. The van der Waals surface area contributed by atoms with Crippen molar-refractivity contribution in [3.05, 3.63) is 28.0 Å². The molecule has 0 saturated carbocycles. The van der Waals surface area contributed by atoms with Crippen LogP contribution < -0.4 is 5.32 Å². The van der Waals surface area contributed by atoms with Crippen LogP contribution in [0.3, 0.4) is 0 Å². The molecule has 0 atom stereocenters. The van der Waals surface area contributed by atoms with Crippen LogP contribution in [0.1, 0.15) is 37.4 Å². The Bertz CT molecular complexity index is 563. The van der Waals surface area contributed by atoms with Gasteiger partial charge in [0.15, 0.2) is 4.96 Å². The maximum absolute atomic E-state index is 4.62. The molecule has 4 heteroatoms. The minimum atomic E-state index is 0.961. The molecule has 3 nitrogen and oxygen atoms in total. The van der Waals surface area contributed by atoms with Gasteiger partial charge >= 0.3 is 0 Å². The number of aromatic nitrogens is 2. The fourth-order valence-electron chi connectivity index (χ4n) is 2.05. The van der Waals surface area contributed by atoms with Gasteiger partial charge in [0.2, 0.25) is 0 Å². The fraction of sp³-hybridized carbons (Fsp3) is 0.500. The number of fused-ring (bicyclic) bond motifs is 1. The van der Waals surface area contributed by atoms with Crippen molar-refractivity contribution in [3.63, 3.8) is 0 Å². The van der Waals surface area contributed by atoms with Gasteiger partial charge in [-0.15, -0.1) is 11.3 Å². The van der Waals surface area contributed by atoms with Crippen LogP contribution in [0.4, 0.5) is 0 Å². The summed E-state index contributed by atoms with van der Waals surface area (Å²) in [5.41, 5.74) is 5.04. The second-order valence-corrected chi connectivity index (χ2v) is 5.35. The lowest BCUT2D eigenvalue weighted by atomic mass is 10.1. The zero-order chi connectivity index (χ0) is 13.1. The largest absolute Gasteiger partial charge is 0.313 e. The zero-order valence-corrected chi connectivity index (χ0v) is 12.4. The molecule has 0 fully saturated rings. The maximum atomic E-state index is 4.62. The van der Waals surface area contributed by atoms with Crippen molar-refractivity contribution in [1.29, 1.82) is 0 Å². The van der Waals surface area contributed by atoms with Crippen LogP contribution >= 0.6 is 11.3 Å². The molecule has 0 spiro atoms. The van der Waals surface area contributed by atoms with E-state index in [1.54, 1.807) is 11.3 Å². The van der Waals surface area contributed by atoms with Gasteiger partial charge in [0.1, 0.15) is 0 Å². The van der Waals surface area contributed by atoms with Crippen molar-refractivity contribution in [1.82, 2.24) is 14.7 Å². The number of hydrogen-bond acceptors (Lipinski definition) is 3. The summed E-state index contributed by atoms with van der Waals surface area (Å²) in [5, 5.41) is 5.55. The second-order valence-electron chi connectivity index (χ2n) is 4.51. The predicted molar refractivity (Wildman–Crippen MR) is 79.4 cm³/mol. The van der Waals surface area contributed by atoms with E-state index in [1.807, 2.05) is 0 Å². The van der Waals surface area contributed by atoms with E-state index in [0.29, 0.717) is 0 Å². The van der Waals surface area contributed by atoms with Gasteiger partial charge in [-0.2, -0.15) is 0 Å². The number of nitrogens with zero attached hydrogens (tertiary/aromatic N) is 2. The number of nitrogens with one attached hydrogen (secondary N) is 1. The Kier molecular flexibility index (Phi) is 4.19. The van der Waals surface area contributed by atoms with E-state index in [0.717, 1.165) is 30.2 Å². The van der Waals surface area contributed by atoms with E-state index < -0.39 is 0 Å². The molecular formula is C14H21N3S. The third-order valence-electron chi connectivity index (χ3n) is 3.15. The lowest BCUT2D eigenvalue weighted by Gasteiger charge is -2.06. The van der Waals surface area contributed by atoms with E-state index in [9.17, 15) is 0 Å². The smallest absolute Gasteiger partial charge is 0.194 e. The Morgan fingerprint density at radius 2 is 2.22 bits per heavy atom. The van der Waals surface area contributed by atoms with E-state index in [-0.39, 0.29) is 0 Å². The van der Waals surface area contributed by atoms with Crippen LogP contribution in [0.15, 0.2) is 11.0 Å². The predicted octanol–water partition coefficient (Wildman–Crippen LogP) is 3.42. The van der Waals surface area contributed by atoms with Gasteiger partial charge in [-0.1, -0.05) is 19.4 Å². The number of likely N-dealkylation sites (N-methyl/N-ethyl adjacent to an activating group) is 1. The van der Waals surface area contributed by atoms with Gasteiger partial charge in [-0.3, -0.25) is 4.40 Å². The van der Waals surface area contributed by atoms with Crippen molar-refractivity contribution in [2.45, 2.75) is 34.1 Å². The highest BCUT2D eigenvalue weighted by Crippen LogP contribution is 2.22. The first kappa shape index (κ1) is 13.3. The van der Waals surface area contributed by atoms with Crippen molar-refractivity contribution in [3.8, 4) is 0 Å². The Morgan fingerprint density at radius 3 is 2.89 bits per heavy atom. The summed E-state index contributed by atoms with van der Waals surface area (Å²) in [6.45, 7) is 10.5. The average molecular weight is 263 g/mol. The summed E-state index contributed by atoms with van der Waals surface area (Å²) in [5.74, 6) is 0. The molecule has 0 amide bonds. The van der Waals surface area contributed by atoms with Gasteiger partial charge in [0.05, 0.1) is 11.4 Å². The molecule has 1 N–H and O–H groups in total. The van der Waals surface area contributed by atoms with E-state index in [4.69, 9.17) is 0 Å². The van der Waals surface area contributed by atoms with Crippen LogP contribution in [-0.2, 0) is 0 Å². The molecule has 18 heavy (non-hydrogen) atoms. The lowest BCUT2D eigenvalue weighted by molar-refractivity contribution is 0.761.